The van der Waals surface area contributed by atoms with Gasteiger partial charge in [-0.25, -0.2) is 9.97 Å². The molecule has 5 heterocycles. The molecule has 0 spiro atoms. The van der Waals surface area contributed by atoms with E-state index in [0.717, 1.165) is 74.3 Å². The van der Waals surface area contributed by atoms with E-state index in [9.17, 15) is 4.79 Å². The summed E-state index contributed by atoms with van der Waals surface area (Å²) in [7, 11) is 0. The van der Waals surface area contributed by atoms with Crippen LogP contribution in [0.5, 0.6) is 5.75 Å². The molecule has 0 aliphatic carbocycles. The van der Waals surface area contributed by atoms with Gasteiger partial charge in [-0.1, -0.05) is 19.6 Å². The maximum Gasteiger partial charge on any atom is 0.246 e. The van der Waals surface area contributed by atoms with Crippen molar-refractivity contribution in [3.8, 4) is 5.75 Å². The Labute approximate surface area is 212 Å². The van der Waals surface area contributed by atoms with Gasteiger partial charge in [-0.3, -0.25) is 9.69 Å². The number of rotatable bonds is 4. The first-order chi connectivity index (χ1) is 17.6. The summed E-state index contributed by atoms with van der Waals surface area (Å²) in [5.41, 5.74) is 3.29. The van der Waals surface area contributed by atoms with Crippen LogP contribution in [0.2, 0.25) is 0 Å². The number of carbonyl (C=O) groups is 1. The Morgan fingerprint density at radius 2 is 2.00 bits per heavy atom. The summed E-state index contributed by atoms with van der Waals surface area (Å²) < 4.78 is 11.8. The zero-order valence-corrected chi connectivity index (χ0v) is 20.9. The third kappa shape index (κ3) is 4.30. The Morgan fingerprint density at radius 3 is 2.78 bits per heavy atom. The molecule has 2 aromatic rings. The summed E-state index contributed by atoms with van der Waals surface area (Å²) in [6.45, 7) is 13.2. The second-order valence-electron chi connectivity index (χ2n) is 10.3. The first-order valence-corrected chi connectivity index (χ1v) is 13.0. The maximum atomic E-state index is 11.8. The molecule has 1 aromatic carbocycles. The number of nitrogens with one attached hydrogen (secondary N) is 1. The molecule has 1 amide bonds. The van der Waals surface area contributed by atoms with E-state index in [4.69, 9.17) is 9.47 Å². The number of piperidine rings is 1. The normalized spacial score (nSPS) is 24.5. The lowest BCUT2D eigenvalue weighted by Crippen LogP contribution is -2.62. The van der Waals surface area contributed by atoms with Crippen molar-refractivity contribution in [3.63, 3.8) is 0 Å². The van der Waals surface area contributed by atoms with Gasteiger partial charge in [0.1, 0.15) is 30.3 Å². The number of carbonyl (C=O) groups excluding carboxylic acids is 1. The molecule has 0 bridgehead atoms. The average Bonchev–Trinajstić information content (AvgIpc) is 3.07. The van der Waals surface area contributed by atoms with Crippen molar-refractivity contribution in [2.24, 2.45) is 5.92 Å². The second kappa shape index (κ2) is 9.71. The quantitative estimate of drug-likeness (QED) is 0.656. The molecule has 4 aliphatic heterocycles. The summed E-state index contributed by atoms with van der Waals surface area (Å²) in [6.07, 6.45) is 4.15. The van der Waals surface area contributed by atoms with E-state index in [-0.39, 0.29) is 5.91 Å². The number of nitrogens with zero attached hydrogens (tertiary/aromatic N) is 5. The number of hydrogen-bond donors (Lipinski definition) is 1. The molecule has 9 heteroatoms. The first kappa shape index (κ1) is 23.2. The largest absolute Gasteiger partial charge is 0.486 e. The molecule has 0 saturated carbocycles. The molecule has 3 saturated heterocycles. The zero-order valence-electron chi connectivity index (χ0n) is 20.9. The third-order valence-electron chi connectivity index (χ3n) is 8.09. The predicted molar refractivity (Wildman–Crippen MR) is 138 cm³/mol. The van der Waals surface area contributed by atoms with Gasteiger partial charge in [0.2, 0.25) is 5.91 Å². The van der Waals surface area contributed by atoms with Gasteiger partial charge < -0.3 is 24.6 Å². The van der Waals surface area contributed by atoms with Gasteiger partial charge in [-0.05, 0) is 48.6 Å². The van der Waals surface area contributed by atoms with Gasteiger partial charge in [0.05, 0.1) is 24.5 Å². The van der Waals surface area contributed by atoms with Gasteiger partial charge in [0.25, 0.3) is 0 Å². The van der Waals surface area contributed by atoms with Crippen LogP contribution >= 0.6 is 0 Å². The van der Waals surface area contributed by atoms with Crippen LogP contribution in [0.15, 0.2) is 37.2 Å². The molecule has 2 atom stereocenters. The highest BCUT2D eigenvalue weighted by Gasteiger charge is 2.38. The van der Waals surface area contributed by atoms with Crippen LogP contribution < -0.4 is 15.0 Å². The number of ether oxygens (including phenoxy) is 2. The van der Waals surface area contributed by atoms with Crippen LogP contribution in [0.25, 0.3) is 0 Å². The smallest absolute Gasteiger partial charge is 0.246 e. The number of amides is 1. The molecule has 1 N–H and O–H groups in total. The molecule has 4 aliphatic rings. The Balaban J connectivity index is 1.16. The summed E-state index contributed by atoms with van der Waals surface area (Å²) in [6, 6.07) is 7.02. The molecule has 1 aromatic heterocycles. The van der Waals surface area contributed by atoms with Crippen molar-refractivity contribution < 1.29 is 14.3 Å². The van der Waals surface area contributed by atoms with Gasteiger partial charge in [-0.15, -0.1) is 0 Å². The lowest BCUT2D eigenvalue weighted by Gasteiger charge is -2.49. The minimum Gasteiger partial charge on any atom is -0.486 e. The Hall–Kier alpha value is -3.17. The topological polar surface area (TPSA) is 83.1 Å². The fraction of sp³-hybridized carbons (Fsp3) is 0.519. The van der Waals surface area contributed by atoms with Gasteiger partial charge in [0.15, 0.2) is 0 Å². The highest BCUT2D eigenvalue weighted by molar-refractivity contribution is 5.87. The molecule has 36 heavy (non-hydrogen) atoms. The summed E-state index contributed by atoms with van der Waals surface area (Å²) in [4.78, 5) is 27.6. The van der Waals surface area contributed by atoms with Crippen molar-refractivity contribution in [3.05, 3.63) is 48.3 Å². The molecule has 9 nitrogen and oxygen atoms in total. The number of anilines is 3. The molecule has 0 unspecified atom stereocenters. The fourth-order valence-corrected chi connectivity index (χ4v) is 5.97. The Bertz CT molecular complexity index is 1140. The lowest BCUT2D eigenvalue weighted by molar-refractivity contribution is -0.133. The predicted octanol–water partition coefficient (Wildman–Crippen LogP) is 2.77. The average molecular weight is 491 g/mol. The summed E-state index contributed by atoms with van der Waals surface area (Å²) in [5.74, 6) is 3.63. The molecule has 3 fully saturated rings. The van der Waals surface area contributed by atoms with Crippen LogP contribution in [0.4, 0.5) is 17.3 Å². The third-order valence-corrected chi connectivity index (χ3v) is 8.09. The van der Waals surface area contributed by atoms with E-state index >= 15 is 0 Å². The number of morpholine rings is 1. The molecule has 190 valence electrons. The highest BCUT2D eigenvalue weighted by atomic mass is 16.5. The number of aromatic nitrogens is 2. The minimum atomic E-state index is 0.0396. The van der Waals surface area contributed by atoms with Crippen molar-refractivity contribution in [1.82, 2.24) is 19.8 Å². The van der Waals surface area contributed by atoms with Gasteiger partial charge in [0, 0.05) is 38.8 Å². The van der Waals surface area contributed by atoms with E-state index in [1.807, 2.05) is 4.90 Å². The van der Waals surface area contributed by atoms with Crippen LogP contribution in [-0.2, 0) is 16.1 Å². The van der Waals surface area contributed by atoms with Crippen LogP contribution in [-0.4, -0.2) is 84.2 Å². The fourth-order valence-electron chi connectivity index (χ4n) is 5.97. The molecule has 6 rings (SSSR count). The first-order valence-electron chi connectivity index (χ1n) is 13.0. The van der Waals surface area contributed by atoms with E-state index < -0.39 is 0 Å². The number of likely N-dealkylation sites (tertiary alicyclic amines) is 2. The SMILES string of the molecule is C=CC(=O)N1CC(N2CC[C@@H](c3ccc4c(c3)Nc3ncnc(N5CCOCC5)c3CO4)[C@@H](C)C2)C1. The molecular formula is C27H34N6O3. The highest BCUT2D eigenvalue weighted by Crippen LogP contribution is 2.41. The Kier molecular flexibility index (Phi) is 6.27. The van der Waals surface area contributed by atoms with Gasteiger partial charge >= 0.3 is 0 Å². The number of fused-ring (bicyclic) bond motifs is 2. The van der Waals surface area contributed by atoms with E-state index in [1.54, 1.807) is 6.33 Å². The summed E-state index contributed by atoms with van der Waals surface area (Å²) in [5, 5.41) is 3.55. The zero-order chi connectivity index (χ0) is 24.6. The monoisotopic (exact) mass is 490 g/mol. The van der Waals surface area contributed by atoms with E-state index in [1.165, 1.54) is 11.6 Å². The molecule has 0 radical (unpaired) electrons. The van der Waals surface area contributed by atoms with Crippen molar-refractivity contribution in [2.45, 2.75) is 31.9 Å². The van der Waals surface area contributed by atoms with Crippen molar-refractivity contribution in [2.75, 3.05) is 62.7 Å². The molecular weight excluding hydrogens is 456 g/mol. The van der Waals surface area contributed by atoms with Crippen molar-refractivity contribution in [1.29, 1.82) is 0 Å². The van der Waals surface area contributed by atoms with Gasteiger partial charge in [-0.2, -0.15) is 0 Å². The van der Waals surface area contributed by atoms with E-state index in [0.29, 0.717) is 37.7 Å². The minimum absolute atomic E-state index is 0.0396. The lowest BCUT2D eigenvalue weighted by atomic mass is 9.80. The van der Waals surface area contributed by atoms with Crippen LogP contribution in [0, 0.1) is 5.92 Å². The summed E-state index contributed by atoms with van der Waals surface area (Å²) >= 11 is 0. The second-order valence-corrected chi connectivity index (χ2v) is 10.3. The van der Waals surface area contributed by atoms with Crippen LogP contribution in [0.1, 0.15) is 30.4 Å². The van der Waals surface area contributed by atoms with E-state index in [2.05, 4.69) is 56.8 Å². The maximum absolute atomic E-state index is 11.8. The number of hydrogen-bond acceptors (Lipinski definition) is 8. The standard InChI is InChI=1S/C27H34N6O3/c1-3-25(34)33-14-20(15-33)32-7-6-21(18(2)13-32)19-4-5-24-23(12-19)30-26-22(16-36-24)27(29-17-28-26)31-8-10-35-11-9-31/h3-5,12,17-18,20-21H,1,6-11,13-16H2,2H3,(H,28,29,30)/t18-,21+/m0/s1. The Morgan fingerprint density at radius 1 is 1.17 bits per heavy atom. The van der Waals surface area contributed by atoms with Crippen molar-refractivity contribution >= 4 is 23.2 Å². The van der Waals surface area contributed by atoms with Crippen LogP contribution in [0.3, 0.4) is 0 Å². The number of benzene rings is 1.